The van der Waals surface area contributed by atoms with Crippen molar-refractivity contribution in [1.29, 1.82) is 0 Å². The first-order valence-corrected chi connectivity index (χ1v) is 8.39. The number of nitrogens with one attached hydrogen (secondary N) is 1. The summed E-state index contributed by atoms with van der Waals surface area (Å²) >= 11 is 3.16. The fourth-order valence-electron chi connectivity index (χ4n) is 1.73. The average molecular weight is 370 g/mol. The second-order valence-electron chi connectivity index (χ2n) is 4.35. The van der Waals surface area contributed by atoms with Gasteiger partial charge in [0.2, 0.25) is 10.0 Å². The van der Waals surface area contributed by atoms with Crippen LogP contribution in [0.25, 0.3) is 0 Å². The Balaban J connectivity index is 2.19. The number of benzene rings is 2. The number of aromatic carboxylic acids is 1. The smallest absolute Gasteiger partial charge is 0.335 e. The molecule has 0 saturated heterocycles. The minimum Gasteiger partial charge on any atom is -0.478 e. The van der Waals surface area contributed by atoms with Gasteiger partial charge in [0.25, 0.3) is 0 Å². The van der Waals surface area contributed by atoms with E-state index in [0.29, 0.717) is 15.7 Å². The molecule has 0 aliphatic carbocycles. The van der Waals surface area contributed by atoms with Gasteiger partial charge in [-0.2, -0.15) is 0 Å². The first kappa shape index (κ1) is 15.5. The van der Waals surface area contributed by atoms with Gasteiger partial charge in [0.05, 0.1) is 17.0 Å². The van der Waals surface area contributed by atoms with E-state index in [9.17, 15) is 13.2 Å². The lowest BCUT2D eigenvalue weighted by Gasteiger charge is -2.10. The van der Waals surface area contributed by atoms with E-state index in [-0.39, 0.29) is 11.3 Å². The van der Waals surface area contributed by atoms with Crippen LogP contribution in [0.1, 0.15) is 15.9 Å². The Morgan fingerprint density at radius 1 is 1.14 bits per heavy atom. The lowest BCUT2D eigenvalue weighted by atomic mass is 10.2. The molecule has 0 unspecified atom stereocenters. The van der Waals surface area contributed by atoms with Gasteiger partial charge < -0.3 is 5.11 Å². The van der Waals surface area contributed by atoms with Gasteiger partial charge >= 0.3 is 5.97 Å². The number of hydrogen-bond donors (Lipinski definition) is 2. The van der Waals surface area contributed by atoms with E-state index in [4.69, 9.17) is 5.11 Å². The van der Waals surface area contributed by atoms with E-state index < -0.39 is 16.0 Å². The Labute approximate surface area is 130 Å². The molecule has 0 aliphatic rings. The topological polar surface area (TPSA) is 83.5 Å². The third kappa shape index (κ3) is 4.30. The van der Waals surface area contributed by atoms with Crippen LogP contribution >= 0.6 is 15.9 Å². The Bertz CT molecular complexity index is 760. The maximum absolute atomic E-state index is 12.1. The van der Waals surface area contributed by atoms with Crippen molar-refractivity contribution in [2.24, 2.45) is 0 Å². The molecule has 0 fully saturated rings. The van der Waals surface area contributed by atoms with E-state index >= 15 is 0 Å². The first-order valence-electron chi connectivity index (χ1n) is 5.95. The second-order valence-corrected chi connectivity index (χ2v) is 6.92. The lowest BCUT2D eigenvalue weighted by Crippen LogP contribution is -2.15. The molecule has 5 nitrogen and oxygen atoms in total. The second kappa shape index (κ2) is 6.28. The molecule has 0 spiro atoms. The van der Waals surface area contributed by atoms with E-state index in [2.05, 4.69) is 20.7 Å². The van der Waals surface area contributed by atoms with Gasteiger partial charge in [0, 0.05) is 4.47 Å². The fourth-order valence-corrected chi connectivity index (χ4v) is 3.55. The van der Waals surface area contributed by atoms with Crippen LogP contribution < -0.4 is 4.72 Å². The summed E-state index contributed by atoms with van der Waals surface area (Å²) in [6.07, 6.45) is 0. The standard InChI is InChI=1S/C14H12BrNO4S/c15-12-8-11(14(17)18)6-7-13(12)16-21(19,20)9-10-4-2-1-3-5-10/h1-8,16H,9H2,(H,17,18). The quantitative estimate of drug-likeness (QED) is 0.847. The van der Waals surface area contributed by atoms with Crippen LogP contribution in [0, 0.1) is 0 Å². The summed E-state index contributed by atoms with van der Waals surface area (Å²) in [6, 6.07) is 12.9. The molecule has 110 valence electrons. The third-order valence-electron chi connectivity index (χ3n) is 2.68. The van der Waals surface area contributed by atoms with Gasteiger partial charge in [-0.25, -0.2) is 13.2 Å². The molecule has 2 aromatic rings. The largest absolute Gasteiger partial charge is 0.478 e. The summed E-state index contributed by atoms with van der Waals surface area (Å²) in [5.74, 6) is -1.23. The molecule has 0 aromatic heterocycles. The molecule has 0 saturated carbocycles. The SMILES string of the molecule is O=C(O)c1ccc(NS(=O)(=O)Cc2ccccc2)c(Br)c1. The monoisotopic (exact) mass is 369 g/mol. The molecule has 0 atom stereocenters. The first-order chi connectivity index (χ1) is 9.87. The highest BCUT2D eigenvalue weighted by atomic mass is 79.9. The highest BCUT2D eigenvalue weighted by Gasteiger charge is 2.14. The Kier molecular flexibility index (Phi) is 4.64. The summed E-state index contributed by atoms with van der Waals surface area (Å²) < 4.78 is 27.0. The van der Waals surface area contributed by atoms with Gasteiger partial charge in [-0.1, -0.05) is 30.3 Å². The molecule has 0 amide bonds. The van der Waals surface area contributed by atoms with Crippen LogP contribution in [-0.4, -0.2) is 19.5 Å². The van der Waals surface area contributed by atoms with Crippen LogP contribution in [0.4, 0.5) is 5.69 Å². The molecule has 2 rings (SSSR count). The number of rotatable bonds is 5. The van der Waals surface area contributed by atoms with Crippen LogP contribution in [0.5, 0.6) is 0 Å². The number of sulfonamides is 1. The molecule has 2 aromatic carbocycles. The van der Waals surface area contributed by atoms with Crippen molar-refractivity contribution < 1.29 is 18.3 Å². The van der Waals surface area contributed by atoms with Gasteiger partial charge in [0.15, 0.2) is 0 Å². The van der Waals surface area contributed by atoms with E-state index in [1.807, 2.05) is 6.07 Å². The van der Waals surface area contributed by atoms with E-state index in [1.165, 1.54) is 18.2 Å². The van der Waals surface area contributed by atoms with Gasteiger partial charge in [0.1, 0.15) is 0 Å². The van der Waals surface area contributed by atoms with Crippen LogP contribution in [0.2, 0.25) is 0 Å². The van der Waals surface area contributed by atoms with Crippen molar-refractivity contribution >= 4 is 37.6 Å². The normalized spacial score (nSPS) is 11.1. The zero-order valence-corrected chi connectivity index (χ0v) is 13.2. The summed E-state index contributed by atoms with van der Waals surface area (Å²) in [7, 11) is -3.57. The van der Waals surface area contributed by atoms with Crippen molar-refractivity contribution in [3.8, 4) is 0 Å². The van der Waals surface area contributed by atoms with Crippen LogP contribution in [-0.2, 0) is 15.8 Å². The molecular weight excluding hydrogens is 358 g/mol. The molecule has 0 aliphatic heterocycles. The molecule has 0 bridgehead atoms. The number of carboxylic acid groups (broad SMARTS) is 1. The van der Waals surface area contributed by atoms with E-state index in [0.717, 1.165) is 0 Å². The van der Waals surface area contributed by atoms with Crippen LogP contribution in [0.15, 0.2) is 53.0 Å². The highest BCUT2D eigenvalue weighted by Crippen LogP contribution is 2.25. The Morgan fingerprint density at radius 3 is 2.38 bits per heavy atom. The number of anilines is 1. The number of hydrogen-bond acceptors (Lipinski definition) is 3. The summed E-state index contributed by atoms with van der Waals surface area (Å²) in [4.78, 5) is 10.8. The fraction of sp³-hybridized carbons (Fsp3) is 0.0714. The predicted molar refractivity (Wildman–Crippen MR) is 83.8 cm³/mol. The van der Waals surface area contributed by atoms with Crippen molar-refractivity contribution in [2.45, 2.75) is 5.75 Å². The number of carboxylic acids is 1. The summed E-state index contributed by atoms with van der Waals surface area (Å²) in [6.45, 7) is 0. The highest BCUT2D eigenvalue weighted by molar-refractivity contribution is 9.10. The molecule has 0 radical (unpaired) electrons. The molecule has 0 heterocycles. The summed E-state index contributed by atoms with van der Waals surface area (Å²) in [5, 5.41) is 8.87. The molecular formula is C14H12BrNO4S. The van der Waals surface area contributed by atoms with Crippen molar-refractivity contribution in [2.75, 3.05) is 4.72 Å². The maximum atomic E-state index is 12.1. The molecule has 7 heteroatoms. The Hall–Kier alpha value is -1.86. The lowest BCUT2D eigenvalue weighted by molar-refractivity contribution is 0.0697. The number of carbonyl (C=O) groups is 1. The average Bonchev–Trinajstić information content (AvgIpc) is 2.41. The third-order valence-corrected chi connectivity index (χ3v) is 4.58. The zero-order chi connectivity index (χ0) is 15.5. The van der Waals surface area contributed by atoms with Crippen molar-refractivity contribution in [3.05, 3.63) is 64.1 Å². The Morgan fingerprint density at radius 2 is 1.81 bits per heavy atom. The molecule has 21 heavy (non-hydrogen) atoms. The van der Waals surface area contributed by atoms with Crippen LogP contribution in [0.3, 0.4) is 0 Å². The zero-order valence-electron chi connectivity index (χ0n) is 10.8. The van der Waals surface area contributed by atoms with Gasteiger partial charge in [-0.05, 0) is 39.7 Å². The minimum atomic E-state index is -3.57. The van der Waals surface area contributed by atoms with Gasteiger partial charge in [-0.15, -0.1) is 0 Å². The van der Waals surface area contributed by atoms with E-state index in [1.54, 1.807) is 24.3 Å². The minimum absolute atomic E-state index is 0.0767. The van der Waals surface area contributed by atoms with Gasteiger partial charge in [-0.3, -0.25) is 4.72 Å². The predicted octanol–water partition coefficient (Wildman–Crippen LogP) is 3.09. The van der Waals surface area contributed by atoms with Crippen molar-refractivity contribution in [1.82, 2.24) is 0 Å². The maximum Gasteiger partial charge on any atom is 0.335 e. The molecule has 2 N–H and O–H groups in total. The summed E-state index contributed by atoms with van der Waals surface area (Å²) in [5.41, 5.74) is 1.05. The van der Waals surface area contributed by atoms with Crippen molar-refractivity contribution in [3.63, 3.8) is 0 Å². The number of halogens is 1.